The third-order valence-electron chi connectivity index (χ3n) is 3.39. The number of para-hydroxylation sites is 1. The minimum atomic E-state index is 0.116. The van der Waals surface area contributed by atoms with E-state index >= 15 is 0 Å². The van der Waals surface area contributed by atoms with Crippen molar-refractivity contribution in [3.63, 3.8) is 0 Å². The van der Waals surface area contributed by atoms with Crippen LogP contribution < -0.4 is 4.74 Å². The third kappa shape index (κ3) is 2.60. The molecule has 2 aromatic carbocycles. The number of phenolic OH excluding ortho intramolecular Hbond substituents is 2. The van der Waals surface area contributed by atoms with Gasteiger partial charge in [-0.3, -0.25) is 0 Å². The van der Waals surface area contributed by atoms with Crippen LogP contribution in [0.3, 0.4) is 0 Å². The van der Waals surface area contributed by atoms with E-state index < -0.39 is 0 Å². The van der Waals surface area contributed by atoms with Crippen LogP contribution in [0, 0.1) is 0 Å². The van der Waals surface area contributed by atoms with Gasteiger partial charge in [-0.15, -0.1) is 0 Å². The molecule has 3 aromatic rings. The van der Waals surface area contributed by atoms with Crippen LogP contribution in [-0.2, 0) is 6.42 Å². The van der Waals surface area contributed by atoms with Gasteiger partial charge in [0.1, 0.15) is 11.3 Å². The molecule has 0 fully saturated rings. The normalized spacial score (nSPS) is 10.7. The van der Waals surface area contributed by atoms with E-state index in [0.717, 1.165) is 16.6 Å². The van der Waals surface area contributed by atoms with Crippen LogP contribution in [0.15, 0.2) is 48.5 Å². The van der Waals surface area contributed by atoms with Crippen molar-refractivity contribution in [1.29, 1.82) is 0 Å². The summed E-state index contributed by atoms with van der Waals surface area (Å²) in [6.07, 6.45) is 0.598. The van der Waals surface area contributed by atoms with Crippen molar-refractivity contribution in [2.24, 2.45) is 0 Å². The topological polar surface area (TPSA) is 62.6 Å². The molecule has 0 saturated heterocycles. The van der Waals surface area contributed by atoms with Crippen molar-refractivity contribution in [1.82, 2.24) is 4.98 Å². The van der Waals surface area contributed by atoms with E-state index in [9.17, 15) is 10.2 Å². The first-order valence-electron chi connectivity index (χ1n) is 6.61. The van der Waals surface area contributed by atoms with Gasteiger partial charge in [0, 0.05) is 17.5 Å². The molecule has 0 aliphatic carbocycles. The fourth-order valence-corrected chi connectivity index (χ4v) is 2.31. The summed E-state index contributed by atoms with van der Waals surface area (Å²) in [5.74, 6) is 0.735. The summed E-state index contributed by atoms with van der Waals surface area (Å²) in [5.41, 5.74) is 2.42. The predicted molar refractivity (Wildman–Crippen MR) is 80.9 cm³/mol. The molecule has 4 heteroatoms. The van der Waals surface area contributed by atoms with Gasteiger partial charge in [0.2, 0.25) is 0 Å². The second-order valence-electron chi connectivity index (χ2n) is 4.83. The Morgan fingerprint density at radius 3 is 2.67 bits per heavy atom. The SMILES string of the molecule is COc1cc(Cc2ccc3cccc(O)c3n2)ccc1O. The molecule has 0 spiro atoms. The molecule has 3 rings (SSSR count). The van der Waals surface area contributed by atoms with E-state index in [4.69, 9.17) is 4.74 Å². The fraction of sp³-hybridized carbons (Fsp3) is 0.118. The number of hydrogen-bond donors (Lipinski definition) is 2. The van der Waals surface area contributed by atoms with Gasteiger partial charge in [0.15, 0.2) is 11.5 Å². The van der Waals surface area contributed by atoms with E-state index in [1.54, 1.807) is 24.3 Å². The highest BCUT2D eigenvalue weighted by atomic mass is 16.5. The van der Waals surface area contributed by atoms with Crippen LogP contribution in [0.4, 0.5) is 0 Å². The molecule has 4 nitrogen and oxygen atoms in total. The Morgan fingerprint density at radius 2 is 1.86 bits per heavy atom. The third-order valence-corrected chi connectivity index (χ3v) is 3.39. The minimum Gasteiger partial charge on any atom is -0.506 e. The summed E-state index contributed by atoms with van der Waals surface area (Å²) in [5, 5.41) is 20.4. The van der Waals surface area contributed by atoms with Gasteiger partial charge >= 0.3 is 0 Å². The molecular weight excluding hydrogens is 266 g/mol. The summed E-state index contributed by atoms with van der Waals surface area (Å²) in [7, 11) is 1.52. The smallest absolute Gasteiger partial charge is 0.160 e. The van der Waals surface area contributed by atoms with Gasteiger partial charge in [0.05, 0.1) is 7.11 Å². The lowest BCUT2D eigenvalue weighted by Gasteiger charge is -2.07. The number of phenols is 2. The molecule has 1 aromatic heterocycles. The number of pyridine rings is 1. The maximum absolute atomic E-state index is 9.86. The zero-order chi connectivity index (χ0) is 14.8. The Morgan fingerprint density at radius 1 is 1.00 bits per heavy atom. The molecule has 0 saturated carbocycles. The summed E-state index contributed by atoms with van der Waals surface area (Å²) in [4.78, 5) is 4.49. The maximum atomic E-state index is 9.86. The second kappa shape index (κ2) is 5.32. The number of ether oxygens (including phenoxy) is 1. The Labute approximate surface area is 122 Å². The Hall–Kier alpha value is -2.75. The number of hydrogen-bond acceptors (Lipinski definition) is 4. The number of fused-ring (bicyclic) bond motifs is 1. The lowest BCUT2D eigenvalue weighted by Crippen LogP contribution is -1.94. The zero-order valence-electron chi connectivity index (χ0n) is 11.6. The van der Waals surface area contributed by atoms with Gasteiger partial charge in [-0.2, -0.15) is 0 Å². The first-order valence-corrected chi connectivity index (χ1v) is 6.61. The minimum absolute atomic E-state index is 0.116. The van der Waals surface area contributed by atoms with Crippen LogP contribution in [-0.4, -0.2) is 22.3 Å². The lowest BCUT2D eigenvalue weighted by atomic mass is 10.1. The highest BCUT2D eigenvalue weighted by Crippen LogP contribution is 2.28. The van der Waals surface area contributed by atoms with Crippen LogP contribution in [0.25, 0.3) is 10.9 Å². The average Bonchev–Trinajstić information content (AvgIpc) is 2.50. The average molecular weight is 281 g/mol. The van der Waals surface area contributed by atoms with E-state index in [-0.39, 0.29) is 11.5 Å². The van der Waals surface area contributed by atoms with Gasteiger partial charge in [-0.25, -0.2) is 4.98 Å². The first-order chi connectivity index (χ1) is 10.2. The van der Waals surface area contributed by atoms with Crippen molar-refractivity contribution in [3.8, 4) is 17.2 Å². The molecule has 0 aliphatic heterocycles. The summed E-state index contributed by atoms with van der Waals surface area (Å²) < 4.78 is 5.10. The molecule has 21 heavy (non-hydrogen) atoms. The van der Waals surface area contributed by atoms with Gasteiger partial charge in [0.25, 0.3) is 0 Å². The predicted octanol–water partition coefficient (Wildman–Crippen LogP) is 3.25. The standard InChI is InChI=1S/C17H15NO3/c1-21-16-10-11(5-8-14(16)19)9-13-7-6-12-3-2-4-15(20)17(12)18-13/h2-8,10,19-20H,9H2,1H3. The molecule has 0 atom stereocenters. The molecule has 0 unspecified atom stereocenters. The molecule has 0 radical (unpaired) electrons. The van der Waals surface area contributed by atoms with E-state index in [1.807, 2.05) is 24.3 Å². The summed E-state index contributed by atoms with van der Waals surface area (Å²) >= 11 is 0. The van der Waals surface area contributed by atoms with E-state index in [1.165, 1.54) is 7.11 Å². The largest absolute Gasteiger partial charge is 0.506 e. The molecule has 0 aliphatic rings. The fourth-order valence-electron chi connectivity index (χ4n) is 2.31. The number of methoxy groups -OCH3 is 1. The number of rotatable bonds is 3. The zero-order valence-corrected chi connectivity index (χ0v) is 11.6. The summed E-state index contributed by atoms with van der Waals surface area (Å²) in [6.45, 7) is 0. The van der Waals surface area contributed by atoms with Crippen molar-refractivity contribution in [2.75, 3.05) is 7.11 Å². The molecule has 106 valence electrons. The summed E-state index contributed by atoms with van der Waals surface area (Å²) in [6, 6.07) is 14.4. The lowest BCUT2D eigenvalue weighted by molar-refractivity contribution is 0.373. The quantitative estimate of drug-likeness (QED) is 0.773. The van der Waals surface area contributed by atoms with Crippen molar-refractivity contribution in [3.05, 3.63) is 59.8 Å². The first kappa shape index (κ1) is 13.2. The number of aromatic nitrogens is 1. The maximum Gasteiger partial charge on any atom is 0.160 e. The monoisotopic (exact) mass is 281 g/mol. The molecule has 1 heterocycles. The van der Waals surface area contributed by atoms with Gasteiger partial charge in [-0.1, -0.05) is 24.3 Å². The molecular formula is C17H15NO3. The van der Waals surface area contributed by atoms with Crippen molar-refractivity contribution >= 4 is 10.9 Å². The van der Waals surface area contributed by atoms with E-state index in [2.05, 4.69) is 4.98 Å². The van der Waals surface area contributed by atoms with Crippen LogP contribution >= 0.6 is 0 Å². The Kier molecular flexibility index (Phi) is 3.36. The number of benzene rings is 2. The Balaban J connectivity index is 1.96. The highest BCUT2D eigenvalue weighted by molar-refractivity contribution is 5.84. The Bertz CT molecular complexity index is 799. The highest BCUT2D eigenvalue weighted by Gasteiger charge is 2.06. The van der Waals surface area contributed by atoms with E-state index in [0.29, 0.717) is 17.7 Å². The number of aromatic hydroxyl groups is 2. The molecule has 0 amide bonds. The molecule has 0 bridgehead atoms. The van der Waals surface area contributed by atoms with Crippen molar-refractivity contribution in [2.45, 2.75) is 6.42 Å². The van der Waals surface area contributed by atoms with Crippen molar-refractivity contribution < 1.29 is 14.9 Å². The van der Waals surface area contributed by atoms with Crippen LogP contribution in [0.1, 0.15) is 11.3 Å². The second-order valence-corrected chi connectivity index (χ2v) is 4.83. The number of nitrogens with zero attached hydrogens (tertiary/aromatic N) is 1. The van der Waals surface area contributed by atoms with Gasteiger partial charge in [-0.05, 0) is 29.8 Å². The van der Waals surface area contributed by atoms with Crippen LogP contribution in [0.5, 0.6) is 17.2 Å². The molecule has 2 N–H and O–H groups in total. The van der Waals surface area contributed by atoms with Gasteiger partial charge < -0.3 is 14.9 Å². The van der Waals surface area contributed by atoms with Crippen LogP contribution in [0.2, 0.25) is 0 Å².